The van der Waals surface area contributed by atoms with Crippen molar-refractivity contribution in [3.05, 3.63) is 70.3 Å². The number of carbonyl (C=O) groups excluding carboxylic acids is 2. The van der Waals surface area contributed by atoms with Crippen molar-refractivity contribution in [1.82, 2.24) is 10.6 Å². The van der Waals surface area contributed by atoms with Gasteiger partial charge in [0.15, 0.2) is 6.10 Å². The van der Waals surface area contributed by atoms with Crippen LogP contribution in [0.2, 0.25) is 0 Å². The Morgan fingerprint density at radius 2 is 1.84 bits per heavy atom. The molecule has 0 heterocycles. The summed E-state index contributed by atoms with van der Waals surface area (Å²) in [5, 5.41) is 12.6. The third kappa shape index (κ3) is 5.43. The fourth-order valence-electron chi connectivity index (χ4n) is 3.08. The van der Waals surface area contributed by atoms with Gasteiger partial charge in [0.25, 0.3) is 11.8 Å². The average Bonchev–Trinajstić information content (AvgIpc) is 3.58. The molecule has 5 N–H and O–H groups in total. The second-order valence-corrected chi connectivity index (χ2v) is 7.42. The summed E-state index contributed by atoms with van der Waals surface area (Å²) < 4.78 is 34.5. The van der Waals surface area contributed by atoms with Gasteiger partial charge in [-0.05, 0) is 36.5 Å². The molecule has 0 spiro atoms. The monoisotopic (exact) mass is 430 g/mol. The molecule has 1 atom stereocenters. The number of nitrogen functional groups attached to an aromatic ring is 1. The lowest BCUT2D eigenvalue weighted by Crippen LogP contribution is -2.32. The molecule has 9 heteroatoms. The smallest absolute Gasteiger partial charge is 0.254 e. The number of nitrogens with one attached hydrogen (secondary N) is 3. The number of halogens is 2. The first-order valence-electron chi connectivity index (χ1n) is 9.81. The van der Waals surface area contributed by atoms with E-state index in [4.69, 9.17) is 15.9 Å². The van der Waals surface area contributed by atoms with Crippen LogP contribution in [0, 0.1) is 23.0 Å². The number of carbonyl (C=O) groups is 2. The first kappa shape index (κ1) is 22.4. The molecule has 0 radical (unpaired) electrons. The highest BCUT2D eigenvalue weighted by Crippen LogP contribution is 2.29. The molecule has 0 bridgehead atoms. The third-order valence-corrected chi connectivity index (χ3v) is 5.09. The van der Waals surface area contributed by atoms with Crippen LogP contribution >= 0.6 is 0 Å². The Hall–Kier alpha value is -3.33. The molecule has 164 valence electrons. The second-order valence-electron chi connectivity index (χ2n) is 7.42. The van der Waals surface area contributed by atoms with Crippen molar-refractivity contribution in [2.24, 2.45) is 11.7 Å². The van der Waals surface area contributed by atoms with Gasteiger partial charge in [-0.3, -0.25) is 15.0 Å². The second kappa shape index (κ2) is 9.65. The van der Waals surface area contributed by atoms with Gasteiger partial charge in [-0.15, -0.1) is 0 Å². The molecule has 1 aliphatic rings. The molecular formula is C22H24F2N4O3. The maximum absolute atomic E-state index is 15.0. The quantitative estimate of drug-likeness (QED) is 0.361. The van der Waals surface area contributed by atoms with E-state index < -0.39 is 35.1 Å². The van der Waals surface area contributed by atoms with Crippen LogP contribution in [-0.2, 0) is 16.1 Å². The van der Waals surface area contributed by atoms with E-state index >= 15 is 4.39 Å². The van der Waals surface area contributed by atoms with Crippen molar-refractivity contribution in [3.8, 4) is 0 Å². The third-order valence-electron chi connectivity index (χ3n) is 5.09. The number of amides is 2. The first-order chi connectivity index (χ1) is 14.8. The Kier molecular flexibility index (Phi) is 6.96. The van der Waals surface area contributed by atoms with Crippen molar-refractivity contribution in [2.45, 2.75) is 25.5 Å². The van der Waals surface area contributed by atoms with Gasteiger partial charge in [-0.2, -0.15) is 0 Å². The zero-order valence-electron chi connectivity index (χ0n) is 17.0. The molecule has 2 amide bonds. The van der Waals surface area contributed by atoms with Crippen LogP contribution < -0.4 is 16.4 Å². The van der Waals surface area contributed by atoms with E-state index in [1.54, 1.807) is 24.3 Å². The number of ether oxygens (including phenoxy) is 1. The maximum atomic E-state index is 15.0. The van der Waals surface area contributed by atoms with Crippen LogP contribution in [0.15, 0.2) is 36.4 Å². The van der Waals surface area contributed by atoms with E-state index in [0.717, 1.165) is 32.1 Å². The largest absolute Gasteiger partial charge is 0.384 e. The van der Waals surface area contributed by atoms with E-state index in [2.05, 4.69) is 10.6 Å². The molecule has 0 aliphatic heterocycles. The molecule has 1 aliphatic carbocycles. The molecule has 1 fully saturated rings. The number of methoxy groups -OCH3 is 1. The molecule has 31 heavy (non-hydrogen) atoms. The van der Waals surface area contributed by atoms with Crippen molar-refractivity contribution in [1.29, 1.82) is 5.41 Å². The maximum Gasteiger partial charge on any atom is 0.254 e. The predicted octanol–water partition coefficient (Wildman–Crippen LogP) is 2.39. The Bertz CT molecular complexity index is 991. The highest BCUT2D eigenvalue weighted by atomic mass is 19.1. The summed E-state index contributed by atoms with van der Waals surface area (Å²) in [7, 11) is 1.16. The molecule has 7 nitrogen and oxygen atoms in total. The van der Waals surface area contributed by atoms with Gasteiger partial charge in [0.2, 0.25) is 0 Å². The minimum Gasteiger partial charge on any atom is -0.384 e. The van der Waals surface area contributed by atoms with Gasteiger partial charge in [-0.25, -0.2) is 8.78 Å². The zero-order chi connectivity index (χ0) is 22.5. The molecule has 1 saturated carbocycles. The summed E-state index contributed by atoms with van der Waals surface area (Å²) in [6, 6.07) is 8.60. The van der Waals surface area contributed by atoms with Gasteiger partial charge in [0.05, 0.1) is 11.1 Å². The summed E-state index contributed by atoms with van der Waals surface area (Å²) in [4.78, 5) is 24.9. The van der Waals surface area contributed by atoms with E-state index in [-0.39, 0.29) is 17.9 Å². The molecule has 0 aromatic heterocycles. The summed E-state index contributed by atoms with van der Waals surface area (Å²) in [6.07, 6.45) is 0.453. The van der Waals surface area contributed by atoms with E-state index in [1.165, 1.54) is 0 Å². The highest BCUT2D eigenvalue weighted by Gasteiger charge is 2.30. The van der Waals surface area contributed by atoms with E-state index in [0.29, 0.717) is 23.6 Å². The summed E-state index contributed by atoms with van der Waals surface area (Å²) in [5.41, 5.74) is 5.67. The minimum absolute atomic E-state index is 0.0711. The lowest BCUT2D eigenvalue weighted by Gasteiger charge is -2.18. The number of rotatable bonds is 9. The van der Waals surface area contributed by atoms with Crippen molar-refractivity contribution >= 4 is 17.6 Å². The Morgan fingerprint density at radius 1 is 1.16 bits per heavy atom. The van der Waals surface area contributed by atoms with E-state index in [1.807, 2.05) is 0 Å². The Balaban J connectivity index is 1.73. The van der Waals surface area contributed by atoms with Gasteiger partial charge in [0.1, 0.15) is 17.5 Å². The molecular weight excluding hydrogens is 406 g/mol. The summed E-state index contributed by atoms with van der Waals surface area (Å²) in [6.45, 7) is 0.503. The van der Waals surface area contributed by atoms with Gasteiger partial charge in [0, 0.05) is 25.8 Å². The van der Waals surface area contributed by atoms with Crippen molar-refractivity contribution in [2.75, 3.05) is 13.7 Å². The molecule has 0 saturated heterocycles. The number of benzene rings is 2. The molecule has 1 unspecified atom stereocenters. The van der Waals surface area contributed by atoms with Crippen LogP contribution in [0.1, 0.15) is 46.0 Å². The molecule has 3 rings (SSSR count). The average molecular weight is 430 g/mol. The zero-order valence-corrected chi connectivity index (χ0v) is 17.0. The molecule has 2 aromatic rings. The normalized spacial score (nSPS) is 14.0. The van der Waals surface area contributed by atoms with Crippen LogP contribution in [0.4, 0.5) is 8.78 Å². The van der Waals surface area contributed by atoms with Crippen LogP contribution in [0.5, 0.6) is 0 Å². The van der Waals surface area contributed by atoms with Gasteiger partial charge in [-0.1, -0.05) is 24.3 Å². The van der Waals surface area contributed by atoms with E-state index in [9.17, 15) is 14.0 Å². The fraction of sp³-hybridized carbons (Fsp3) is 0.318. The van der Waals surface area contributed by atoms with Crippen molar-refractivity contribution < 1.29 is 23.1 Å². The van der Waals surface area contributed by atoms with Crippen LogP contribution in [0.25, 0.3) is 0 Å². The number of nitrogens with two attached hydrogens (primary N) is 1. The SMILES string of the molecule is COC(C(=O)NCc1ccc(C(=N)N)cc1)c1c(F)ccc(C(=O)NCC2CC2)c1F. The lowest BCUT2D eigenvalue weighted by molar-refractivity contribution is -0.131. The lowest BCUT2D eigenvalue weighted by atomic mass is 10.0. The molecule has 2 aromatic carbocycles. The fourth-order valence-corrected chi connectivity index (χ4v) is 3.08. The highest BCUT2D eigenvalue weighted by molar-refractivity contribution is 5.95. The number of hydrogen-bond acceptors (Lipinski definition) is 4. The standard InChI is InChI=1S/C22H24F2N4O3/c1-31-19(22(30)28-11-13-4-6-14(7-5-13)20(25)26)17-16(23)9-8-15(18(17)24)21(29)27-10-12-2-3-12/h4-9,12,19H,2-3,10-11H2,1H3,(H3,25,26)(H,27,29)(H,28,30). The minimum atomic E-state index is -1.58. The number of hydrogen-bond donors (Lipinski definition) is 4. The van der Waals surface area contributed by atoms with Crippen LogP contribution in [0.3, 0.4) is 0 Å². The number of amidine groups is 1. The summed E-state index contributed by atoms with van der Waals surface area (Å²) >= 11 is 0. The predicted molar refractivity (Wildman–Crippen MR) is 110 cm³/mol. The van der Waals surface area contributed by atoms with Crippen LogP contribution in [-0.4, -0.2) is 31.3 Å². The first-order valence-corrected chi connectivity index (χ1v) is 9.81. The summed E-state index contributed by atoms with van der Waals surface area (Å²) in [5.74, 6) is -3.21. The Morgan fingerprint density at radius 3 is 2.42 bits per heavy atom. The Labute approximate surface area is 178 Å². The van der Waals surface area contributed by atoms with Crippen molar-refractivity contribution in [3.63, 3.8) is 0 Å². The van der Waals surface area contributed by atoms with Gasteiger partial charge >= 0.3 is 0 Å². The topological polar surface area (TPSA) is 117 Å². The van der Waals surface area contributed by atoms with Gasteiger partial charge < -0.3 is 21.1 Å².